The first-order valence-corrected chi connectivity index (χ1v) is 6.90. The zero-order chi connectivity index (χ0) is 15.1. The van der Waals surface area contributed by atoms with E-state index in [1.165, 1.54) is 0 Å². The quantitative estimate of drug-likeness (QED) is 0.762. The normalized spacial score (nSPS) is 25.3. The number of likely N-dealkylation sites (tertiary alicyclic amines) is 1. The van der Waals surface area contributed by atoms with Crippen molar-refractivity contribution in [2.24, 2.45) is 5.92 Å². The van der Waals surface area contributed by atoms with Crippen molar-refractivity contribution in [3.63, 3.8) is 0 Å². The molecule has 1 saturated heterocycles. The number of carbonyl (C=O) groups is 3. The molecule has 2 aliphatic rings. The first-order valence-electron chi connectivity index (χ1n) is 6.90. The van der Waals surface area contributed by atoms with Gasteiger partial charge in [-0.1, -0.05) is 17.2 Å². The summed E-state index contributed by atoms with van der Waals surface area (Å²) in [5.74, 6) is -2.01. The van der Waals surface area contributed by atoms with Crippen molar-refractivity contribution in [2.75, 3.05) is 13.6 Å². The zero-order valence-corrected chi connectivity index (χ0v) is 11.9. The second-order valence-electron chi connectivity index (χ2n) is 5.48. The number of hydrogen-bond acceptors (Lipinski definition) is 5. The highest BCUT2D eigenvalue weighted by molar-refractivity contribution is 6.20. The number of carbonyl (C=O) groups excluding carboxylic acids is 3. The maximum absolute atomic E-state index is 12.2. The molecule has 2 unspecified atom stereocenters. The number of rotatable bonds is 2. The van der Waals surface area contributed by atoms with Crippen molar-refractivity contribution in [2.45, 2.75) is 19.4 Å². The standard InChI is InChI=1S/C15H16N2O4/c1-9-10(7-8-16(9)2)15(20)21-17-13(18)11-5-3-4-6-12(11)14(17)19/h3-6,9-10H,7-8H2,1-2H3. The van der Waals surface area contributed by atoms with Crippen LogP contribution in [-0.2, 0) is 9.63 Å². The van der Waals surface area contributed by atoms with Crippen LogP contribution in [0.1, 0.15) is 34.1 Å². The lowest BCUT2D eigenvalue weighted by atomic mass is 10.0. The third-order valence-electron chi connectivity index (χ3n) is 4.31. The van der Waals surface area contributed by atoms with E-state index >= 15 is 0 Å². The first kappa shape index (κ1) is 13.8. The molecule has 2 amide bonds. The van der Waals surface area contributed by atoms with Gasteiger partial charge in [-0.25, -0.2) is 4.79 Å². The summed E-state index contributed by atoms with van der Waals surface area (Å²) in [6, 6.07) is 6.48. The Labute approximate surface area is 122 Å². The average Bonchev–Trinajstić information content (AvgIpc) is 2.93. The lowest BCUT2D eigenvalue weighted by molar-refractivity contribution is -0.174. The Hall–Kier alpha value is -2.21. The lowest BCUT2D eigenvalue weighted by Crippen LogP contribution is -2.38. The highest BCUT2D eigenvalue weighted by Gasteiger charge is 2.42. The van der Waals surface area contributed by atoms with Gasteiger partial charge in [0.2, 0.25) is 0 Å². The van der Waals surface area contributed by atoms with Crippen LogP contribution < -0.4 is 0 Å². The predicted octanol–water partition coefficient (Wildman–Crippen LogP) is 1.08. The van der Waals surface area contributed by atoms with Gasteiger partial charge in [-0.3, -0.25) is 9.59 Å². The summed E-state index contributed by atoms with van der Waals surface area (Å²) in [5.41, 5.74) is 0.541. The fourth-order valence-electron chi connectivity index (χ4n) is 2.82. The van der Waals surface area contributed by atoms with Gasteiger partial charge >= 0.3 is 5.97 Å². The summed E-state index contributed by atoms with van der Waals surface area (Å²) in [5, 5.41) is 0.581. The second-order valence-corrected chi connectivity index (χ2v) is 5.48. The molecule has 2 atom stereocenters. The number of amides is 2. The predicted molar refractivity (Wildman–Crippen MR) is 73.2 cm³/mol. The molecule has 1 aromatic rings. The van der Waals surface area contributed by atoms with E-state index < -0.39 is 17.8 Å². The lowest BCUT2D eigenvalue weighted by Gasteiger charge is -2.20. The smallest absolute Gasteiger partial charge is 0.329 e. The molecule has 6 heteroatoms. The van der Waals surface area contributed by atoms with Crippen LogP contribution in [-0.4, -0.2) is 47.4 Å². The second kappa shape index (κ2) is 4.96. The Kier molecular flexibility index (Phi) is 3.25. The molecule has 0 saturated carbocycles. The number of benzene rings is 1. The number of imide groups is 1. The van der Waals surface area contributed by atoms with E-state index in [0.29, 0.717) is 11.5 Å². The number of nitrogens with zero attached hydrogens (tertiary/aromatic N) is 2. The van der Waals surface area contributed by atoms with Gasteiger partial charge in [0.05, 0.1) is 17.0 Å². The number of hydroxylamine groups is 2. The Balaban J connectivity index is 1.77. The largest absolute Gasteiger partial charge is 0.337 e. The average molecular weight is 288 g/mol. The minimum atomic E-state index is -0.581. The molecule has 3 rings (SSSR count). The van der Waals surface area contributed by atoms with E-state index in [1.807, 2.05) is 18.9 Å². The molecular formula is C15H16N2O4. The van der Waals surface area contributed by atoms with E-state index in [2.05, 4.69) is 0 Å². The molecule has 0 radical (unpaired) electrons. The molecule has 1 aromatic carbocycles. The van der Waals surface area contributed by atoms with Crippen molar-refractivity contribution in [3.05, 3.63) is 35.4 Å². The third-order valence-corrected chi connectivity index (χ3v) is 4.31. The van der Waals surface area contributed by atoms with Gasteiger partial charge in [0.1, 0.15) is 0 Å². The number of hydrogen-bond donors (Lipinski definition) is 0. The Bertz CT molecular complexity index is 593. The Morgan fingerprint density at radius 2 is 1.76 bits per heavy atom. The van der Waals surface area contributed by atoms with E-state index in [9.17, 15) is 14.4 Å². The number of fused-ring (bicyclic) bond motifs is 1. The van der Waals surface area contributed by atoms with Crippen molar-refractivity contribution in [1.82, 2.24) is 9.96 Å². The molecule has 0 spiro atoms. The summed E-state index contributed by atoms with van der Waals surface area (Å²) < 4.78 is 0. The minimum Gasteiger partial charge on any atom is -0.329 e. The monoisotopic (exact) mass is 288 g/mol. The van der Waals surface area contributed by atoms with Gasteiger partial charge in [0.25, 0.3) is 11.8 Å². The highest BCUT2D eigenvalue weighted by Crippen LogP contribution is 2.27. The van der Waals surface area contributed by atoms with Crippen molar-refractivity contribution < 1.29 is 19.2 Å². The zero-order valence-electron chi connectivity index (χ0n) is 11.9. The van der Waals surface area contributed by atoms with Crippen LogP contribution in [0, 0.1) is 5.92 Å². The fraction of sp³-hybridized carbons (Fsp3) is 0.400. The van der Waals surface area contributed by atoms with Gasteiger partial charge < -0.3 is 9.74 Å². The molecular weight excluding hydrogens is 272 g/mol. The van der Waals surface area contributed by atoms with E-state index in [0.717, 1.165) is 6.54 Å². The first-order chi connectivity index (χ1) is 10.0. The van der Waals surface area contributed by atoms with Crippen LogP contribution in [0.25, 0.3) is 0 Å². The topological polar surface area (TPSA) is 66.9 Å². The van der Waals surface area contributed by atoms with Crippen LogP contribution in [0.15, 0.2) is 24.3 Å². The maximum atomic E-state index is 12.2. The highest BCUT2D eigenvalue weighted by atomic mass is 16.7. The molecule has 110 valence electrons. The molecule has 0 aromatic heterocycles. The molecule has 0 aliphatic carbocycles. The van der Waals surface area contributed by atoms with Crippen LogP contribution in [0.5, 0.6) is 0 Å². The summed E-state index contributed by atoms with van der Waals surface area (Å²) >= 11 is 0. The van der Waals surface area contributed by atoms with E-state index in [4.69, 9.17) is 4.84 Å². The molecule has 2 aliphatic heterocycles. The Morgan fingerprint density at radius 1 is 1.19 bits per heavy atom. The summed E-state index contributed by atoms with van der Waals surface area (Å²) in [6.45, 7) is 2.73. The Morgan fingerprint density at radius 3 is 2.24 bits per heavy atom. The SMILES string of the molecule is CC1C(C(=O)ON2C(=O)c3ccccc3C2=O)CCN1C. The van der Waals surface area contributed by atoms with E-state index in [1.54, 1.807) is 24.3 Å². The van der Waals surface area contributed by atoms with Gasteiger partial charge in [0, 0.05) is 6.04 Å². The fourth-order valence-corrected chi connectivity index (χ4v) is 2.82. The van der Waals surface area contributed by atoms with Gasteiger partial charge in [-0.05, 0) is 39.1 Å². The van der Waals surface area contributed by atoms with Crippen molar-refractivity contribution in [3.8, 4) is 0 Å². The van der Waals surface area contributed by atoms with Crippen LogP contribution in [0.2, 0.25) is 0 Å². The van der Waals surface area contributed by atoms with Gasteiger partial charge in [0.15, 0.2) is 0 Å². The summed E-state index contributed by atoms with van der Waals surface area (Å²) in [7, 11) is 1.93. The molecule has 21 heavy (non-hydrogen) atoms. The van der Waals surface area contributed by atoms with Crippen molar-refractivity contribution >= 4 is 17.8 Å². The van der Waals surface area contributed by atoms with E-state index in [-0.39, 0.29) is 23.1 Å². The molecule has 0 bridgehead atoms. The summed E-state index contributed by atoms with van der Waals surface area (Å²) in [6.07, 6.45) is 0.666. The maximum Gasteiger partial charge on any atom is 0.337 e. The van der Waals surface area contributed by atoms with Crippen LogP contribution in [0.3, 0.4) is 0 Å². The minimum absolute atomic E-state index is 0.0349. The summed E-state index contributed by atoms with van der Waals surface area (Å²) in [4.78, 5) is 43.6. The van der Waals surface area contributed by atoms with Crippen LogP contribution in [0.4, 0.5) is 0 Å². The molecule has 6 nitrogen and oxygen atoms in total. The van der Waals surface area contributed by atoms with Gasteiger partial charge in [-0.15, -0.1) is 0 Å². The molecule has 0 N–H and O–H groups in total. The molecule has 1 fully saturated rings. The van der Waals surface area contributed by atoms with Crippen LogP contribution >= 0.6 is 0 Å². The van der Waals surface area contributed by atoms with Gasteiger partial charge in [-0.2, -0.15) is 0 Å². The molecule has 2 heterocycles. The van der Waals surface area contributed by atoms with Crippen molar-refractivity contribution in [1.29, 1.82) is 0 Å². The third kappa shape index (κ3) is 2.12.